The molecular formula is C14H26IN3S. The molecule has 0 aromatic rings. The molecule has 1 spiro atoms. The van der Waals surface area contributed by atoms with E-state index in [-0.39, 0.29) is 24.0 Å². The number of nitrogens with zero attached hydrogens (tertiary/aromatic N) is 2. The van der Waals surface area contributed by atoms with Gasteiger partial charge in [0.1, 0.15) is 0 Å². The second-order valence-electron chi connectivity index (χ2n) is 5.98. The molecule has 0 radical (unpaired) electrons. The highest BCUT2D eigenvalue weighted by molar-refractivity contribution is 14.0. The van der Waals surface area contributed by atoms with Gasteiger partial charge in [0.25, 0.3) is 0 Å². The molecule has 0 unspecified atom stereocenters. The number of halogens is 1. The van der Waals surface area contributed by atoms with Gasteiger partial charge in [0.15, 0.2) is 5.96 Å². The number of hydrogen-bond acceptors (Lipinski definition) is 2. The highest BCUT2D eigenvalue weighted by atomic mass is 127. The fraction of sp³-hybridized carbons (Fsp3) is 0.929. The second-order valence-corrected chi connectivity index (χ2v) is 7.54. The van der Waals surface area contributed by atoms with Gasteiger partial charge in [-0.25, -0.2) is 0 Å². The predicted molar refractivity (Wildman–Crippen MR) is 94.8 cm³/mol. The third kappa shape index (κ3) is 3.93. The van der Waals surface area contributed by atoms with Crippen molar-refractivity contribution in [3.63, 3.8) is 0 Å². The van der Waals surface area contributed by atoms with Gasteiger partial charge in [-0.1, -0.05) is 19.3 Å². The first-order chi connectivity index (χ1) is 8.81. The molecule has 1 heterocycles. The molecule has 0 aromatic heterocycles. The number of hydrogen-bond donors (Lipinski definition) is 1. The first-order valence-electron chi connectivity index (χ1n) is 7.44. The summed E-state index contributed by atoms with van der Waals surface area (Å²) < 4.78 is 0.539. The van der Waals surface area contributed by atoms with Crippen LogP contribution >= 0.6 is 35.7 Å². The Labute approximate surface area is 138 Å². The molecule has 0 aromatic carbocycles. The van der Waals surface area contributed by atoms with E-state index in [2.05, 4.69) is 27.0 Å². The van der Waals surface area contributed by atoms with Gasteiger partial charge in [0.2, 0.25) is 0 Å². The van der Waals surface area contributed by atoms with Gasteiger partial charge in [-0.05, 0) is 25.7 Å². The summed E-state index contributed by atoms with van der Waals surface area (Å²) in [5.41, 5.74) is 0. The molecule has 2 aliphatic carbocycles. The zero-order chi connectivity index (χ0) is 12.4. The van der Waals surface area contributed by atoms with Crippen molar-refractivity contribution in [3.05, 3.63) is 0 Å². The predicted octanol–water partition coefficient (Wildman–Crippen LogP) is 3.09. The van der Waals surface area contributed by atoms with Crippen LogP contribution in [0.5, 0.6) is 0 Å². The van der Waals surface area contributed by atoms with Crippen molar-refractivity contribution >= 4 is 41.7 Å². The largest absolute Gasteiger partial charge is 0.354 e. The molecule has 19 heavy (non-hydrogen) atoms. The number of rotatable bonds is 1. The first-order valence-corrected chi connectivity index (χ1v) is 8.42. The molecule has 3 nitrogen and oxygen atoms in total. The minimum absolute atomic E-state index is 0. The molecule has 2 saturated carbocycles. The van der Waals surface area contributed by atoms with E-state index in [4.69, 9.17) is 0 Å². The molecule has 3 rings (SSSR count). The maximum absolute atomic E-state index is 4.49. The van der Waals surface area contributed by atoms with Gasteiger partial charge in [-0.2, -0.15) is 11.8 Å². The van der Waals surface area contributed by atoms with Crippen LogP contribution in [0.3, 0.4) is 0 Å². The number of nitrogens with one attached hydrogen (secondary N) is 1. The fourth-order valence-corrected chi connectivity index (χ4v) is 4.80. The maximum Gasteiger partial charge on any atom is 0.193 e. The summed E-state index contributed by atoms with van der Waals surface area (Å²) in [6, 6.07) is 0.709. The first kappa shape index (κ1) is 15.7. The molecule has 1 aliphatic heterocycles. The lowest BCUT2D eigenvalue weighted by Gasteiger charge is -2.45. The van der Waals surface area contributed by atoms with E-state index in [1.165, 1.54) is 63.8 Å². The Bertz CT molecular complexity index is 319. The molecule has 3 fully saturated rings. The third-order valence-electron chi connectivity index (χ3n) is 4.44. The Balaban J connectivity index is 0.00000133. The van der Waals surface area contributed by atoms with Crippen LogP contribution in [-0.4, -0.2) is 47.5 Å². The Kier molecular flexibility index (Phi) is 5.69. The smallest absolute Gasteiger partial charge is 0.193 e. The van der Waals surface area contributed by atoms with E-state index in [0.29, 0.717) is 10.8 Å². The van der Waals surface area contributed by atoms with Crippen molar-refractivity contribution in [1.82, 2.24) is 10.2 Å². The van der Waals surface area contributed by atoms with Gasteiger partial charge in [-0.15, -0.1) is 24.0 Å². The van der Waals surface area contributed by atoms with Gasteiger partial charge < -0.3 is 10.2 Å². The molecule has 3 aliphatic rings. The topological polar surface area (TPSA) is 27.6 Å². The van der Waals surface area contributed by atoms with E-state index in [1.54, 1.807) is 0 Å². The molecular weight excluding hydrogens is 369 g/mol. The van der Waals surface area contributed by atoms with Crippen LogP contribution in [0.2, 0.25) is 0 Å². The van der Waals surface area contributed by atoms with E-state index in [1.807, 2.05) is 7.05 Å². The fourth-order valence-electron chi connectivity index (χ4n) is 3.23. The lowest BCUT2D eigenvalue weighted by molar-refractivity contribution is 0.293. The molecule has 0 amide bonds. The molecule has 0 bridgehead atoms. The summed E-state index contributed by atoms with van der Waals surface area (Å²) in [6.07, 6.45) is 9.77. The highest BCUT2D eigenvalue weighted by Crippen LogP contribution is 2.42. The van der Waals surface area contributed by atoms with Crippen molar-refractivity contribution < 1.29 is 0 Å². The molecule has 5 heteroatoms. The maximum atomic E-state index is 4.49. The Morgan fingerprint density at radius 3 is 2.63 bits per heavy atom. The molecule has 1 N–H and O–H groups in total. The van der Waals surface area contributed by atoms with Crippen LogP contribution in [0, 0.1) is 0 Å². The molecule has 1 saturated heterocycles. The minimum atomic E-state index is 0. The van der Waals surface area contributed by atoms with Crippen molar-refractivity contribution in [2.45, 2.75) is 55.7 Å². The van der Waals surface area contributed by atoms with Gasteiger partial charge in [0.05, 0.1) is 0 Å². The Morgan fingerprint density at radius 1 is 1.26 bits per heavy atom. The van der Waals surface area contributed by atoms with Crippen LogP contribution in [0.4, 0.5) is 0 Å². The lowest BCUT2D eigenvalue weighted by Crippen LogP contribution is -2.53. The average molecular weight is 395 g/mol. The lowest BCUT2D eigenvalue weighted by atomic mass is 9.87. The van der Waals surface area contributed by atoms with Gasteiger partial charge in [0, 0.05) is 36.7 Å². The highest BCUT2D eigenvalue weighted by Gasteiger charge is 2.38. The number of aliphatic imine (C=N–C) groups is 1. The average Bonchev–Trinajstić information content (AvgIpc) is 3.21. The Morgan fingerprint density at radius 2 is 2.00 bits per heavy atom. The van der Waals surface area contributed by atoms with Crippen LogP contribution in [0.15, 0.2) is 4.99 Å². The van der Waals surface area contributed by atoms with Crippen molar-refractivity contribution in [2.75, 3.05) is 25.9 Å². The van der Waals surface area contributed by atoms with E-state index < -0.39 is 0 Å². The number of guanidine groups is 1. The summed E-state index contributed by atoms with van der Waals surface area (Å²) in [5.74, 6) is 2.42. The SMILES string of the molecule is CN=C(NC1CC1)N1CCSC2(CCCCC2)C1.I. The van der Waals surface area contributed by atoms with Gasteiger partial charge in [-0.3, -0.25) is 4.99 Å². The number of thioether (sulfide) groups is 1. The quantitative estimate of drug-likeness (QED) is 0.420. The van der Waals surface area contributed by atoms with Gasteiger partial charge >= 0.3 is 0 Å². The Hall–Kier alpha value is 0.350. The summed E-state index contributed by atoms with van der Waals surface area (Å²) in [7, 11) is 1.93. The van der Waals surface area contributed by atoms with E-state index >= 15 is 0 Å². The zero-order valence-electron chi connectivity index (χ0n) is 11.9. The standard InChI is InChI=1S/C14H25N3S.HI/c1-15-13(16-12-5-6-12)17-9-10-18-14(11-17)7-3-2-4-8-14;/h12H,2-11H2,1H3,(H,15,16);1H. The van der Waals surface area contributed by atoms with Crippen LogP contribution < -0.4 is 5.32 Å². The van der Waals surface area contributed by atoms with Crippen molar-refractivity contribution in [3.8, 4) is 0 Å². The summed E-state index contributed by atoms with van der Waals surface area (Å²) in [5, 5.41) is 3.60. The minimum Gasteiger partial charge on any atom is -0.354 e. The van der Waals surface area contributed by atoms with E-state index in [0.717, 1.165) is 5.96 Å². The monoisotopic (exact) mass is 395 g/mol. The van der Waals surface area contributed by atoms with Crippen LogP contribution in [0.25, 0.3) is 0 Å². The van der Waals surface area contributed by atoms with Crippen molar-refractivity contribution in [1.29, 1.82) is 0 Å². The van der Waals surface area contributed by atoms with Crippen LogP contribution in [0.1, 0.15) is 44.9 Å². The zero-order valence-corrected chi connectivity index (χ0v) is 15.0. The molecule has 0 atom stereocenters. The second kappa shape index (κ2) is 6.87. The van der Waals surface area contributed by atoms with E-state index in [9.17, 15) is 0 Å². The molecule has 110 valence electrons. The van der Waals surface area contributed by atoms with Crippen molar-refractivity contribution in [2.24, 2.45) is 4.99 Å². The third-order valence-corrected chi connectivity index (χ3v) is 5.97. The summed E-state index contributed by atoms with van der Waals surface area (Å²) in [4.78, 5) is 7.01. The summed E-state index contributed by atoms with van der Waals surface area (Å²) in [6.45, 7) is 2.38. The van der Waals surface area contributed by atoms with Crippen LogP contribution in [-0.2, 0) is 0 Å². The summed E-state index contributed by atoms with van der Waals surface area (Å²) >= 11 is 2.23. The normalized spacial score (nSPS) is 27.0.